The van der Waals surface area contributed by atoms with Crippen molar-refractivity contribution in [2.75, 3.05) is 38.1 Å². The number of hydrogen-bond acceptors (Lipinski definition) is 4. The second kappa shape index (κ2) is 10.8. The summed E-state index contributed by atoms with van der Waals surface area (Å²) in [7, 11) is 1.80. The topological polar surface area (TPSA) is 72.9 Å². The van der Waals surface area contributed by atoms with E-state index in [0.29, 0.717) is 12.5 Å². The first-order valence-electron chi connectivity index (χ1n) is 12.2. The second-order valence-electron chi connectivity index (χ2n) is 9.25. The maximum atomic E-state index is 12.7. The average Bonchev–Trinajstić information content (AvgIpc) is 3.43. The van der Waals surface area contributed by atoms with Crippen LogP contribution in [0.1, 0.15) is 63.4 Å². The molecule has 1 atom stereocenters. The van der Waals surface area contributed by atoms with Crippen molar-refractivity contribution in [1.82, 2.24) is 20.5 Å². The van der Waals surface area contributed by atoms with Crippen molar-refractivity contribution in [3.63, 3.8) is 0 Å². The summed E-state index contributed by atoms with van der Waals surface area (Å²) in [6, 6.07) is 4.56. The Morgan fingerprint density at radius 2 is 1.84 bits per heavy atom. The van der Waals surface area contributed by atoms with Gasteiger partial charge < -0.3 is 20.4 Å². The smallest absolute Gasteiger partial charge is 0.225 e. The molecule has 31 heavy (non-hydrogen) atoms. The van der Waals surface area contributed by atoms with Crippen LogP contribution in [-0.4, -0.2) is 61.0 Å². The third-order valence-electron chi connectivity index (χ3n) is 6.97. The Labute approximate surface area is 186 Å². The maximum Gasteiger partial charge on any atom is 0.225 e. The number of anilines is 1. The Morgan fingerprint density at radius 1 is 1.06 bits per heavy atom. The zero-order valence-electron chi connectivity index (χ0n) is 19.0. The van der Waals surface area contributed by atoms with Crippen LogP contribution in [0.15, 0.2) is 23.3 Å². The lowest BCUT2D eigenvalue weighted by Crippen LogP contribution is -2.45. The van der Waals surface area contributed by atoms with Gasteiger partial charge in [0.2, 0.25) is 5.91 Å². The van der Waals surface area contributed by atoms with Crippen LogP contribution < -0.4 is 15.5 Å². The molecule has 7 heteroatoms. The first-order chi connectivity index (χ1) is 15.2. The standard InChI is InChI=1S/C24H38N6O/c1-25-24(28-21-12-15-30(18-21)23(31)20-8-4-5-9-20)27-17-19-10-11-22(26-16-19)29-13-6-2-3-7-14-29/h10-11,16,20-21H,2-9,12-15,17-18H2,1H3,(H2,25,27,28). The second-order valence-corrected chi connectivity index (χ2v) is 9.25. The lowest BCUT2D eigenvalue weighted by atomic mass is 10.1. The zero-order valence-corrected chi connectivity index (χ0v) is 19.0. The van der Waals surface area contributed by atoms with Gasteiger partial charge in [-0.3, -0.25) is 9.79 Å². The summed E-state index contributed by atoms with van der Waals surface area (Å²) in [6.07, 6.45) is 12.7. The molecule has 1 aromatic rings. The van der Waals surface area contributed by atoms with Gasteiger partial charge in [0.15, 0.2) is 5.96 Å². The third-order valence-corrected chi connectivity index (χ3v) is 6.97. The van der Waals surface area contributed by atoms with Gasteiger partial charge in [-0.1, -0.05) is 31.7 Å². The SMILES string of the molecule is CN=C(NCc1ccc(N2CCCCCC2)nc1)NC1CCN(C(=O)C2CCCC2)C1. The van der Waals surface area contributed by atoms with Gasteiger partial charge in [-0.05, 0) is 43.7 Å². The molecule has 4 rings (SSSR count). The number of nitrogens with zero attached hydrogens (tertiary/aromatic N) is 4. The molecule has 3 fully saturated rings. The van der Waals surface area contributed by atoms with E-state index in [4.69, 9.17) is 4.98 Å². The molecule has 3 aliphatic rings. The highest BCUT2D eigenvalue weighted by atomic mass is 16.2. The minimum absolute atomic E-state index is 0.264. The largest absolute Gasteiger partial charge is 0.357 e. The molecule has 1 amide bonds. The van der Waals surface area contributed by atoms with E-state index in [1.54, 1.807) is 7.05 Å². The summed E-state index contributed by atoms with van der Waals surface area (Å²) in [5, 5.41) is 6.90. The van der Waals surface area contributed by atoms with Crippen molar-refractivity contribution in [2.45, 2.75) is 70.4 Å². The van der Waals surface area contributed by atoms with Crippen molar-refractivity contribution < 1.29 is 4.79 Å². The van der Waals surface area contributed by atoms with Gasteiger partial charge in [0.05, 0.1) is 0 Å². The van der Waals surface area contributed by atoms with Crippen LogP contribution in [0.5, 0.6) is 0 Å². The molecule has 1 unspecified atom stereocenters. The van der Waals surface area contributed by atoms with Gasteiger partial charge in [0.25, 0.3) is 0 Å². The number of carbonyl (C=O) groups is 1. The quantitative estimate of drug-likeness (QED) is 0.559. The molecule has 170 valence electrons. The summed E-state index contributed by atoms with van der Waals surface area (Å²) < 4.78 is 0. The molecule has 3 heterocycles. The van der Waals surface area contributed by atoms with Gasteiger partial charge in [-0.25, -0.2) is 4.98 Å². The molecular formula is C24H38N6O. The van der Waals surface area contributed by atoms with Gasteiger partial charge in [-0.2, -0.15) is 0 Å². The van der Waals surface area contributed by atoms with Crippen molar-refractivity contribution in [1.29, 1.82) is 0 Å². The summed E-state index contributed by atoms with van der Waals surface area (Å²) >= 11 is 0. The Morgan fingerprint density at radius 3 is 2.52 bits per heavy atom. The first-order valence-corrected chi connectivity index (χ1v) is 12.2. The van der Waals surface area contributed by atoms with E-state index in [2.05, 4.69) is 32.7 Å². The van der Waals surface area contributed by atoms with Crippen LogP contribution in [-0.2, 0) is 11.3 Å². The van der Waals surface area contributed by atoms with Crippen molar-refractivity contribution >= 4 is 17.7 Å². The minimum atomic E-state index is 0.264. The number of rotatable bonds is 5. The molecule has 7 nitrogen and oxygen atoms in total. The summed E-state index contributed by atoms with van der Waals surface area (Å²) in [4.78, 5) is 26.2. The lowest BCUT2D eigenvalue weighted by molar-refractivity contribution is -0.134. The van der Waals surface area contributed by atoms with Crippen LogP contribution in [0.2, 0.25) is 0 Å². The minimum Gasteiger partial charge on any atom is -0.357 e. The van der Waals surface area contributed by atoms with Crippen LogP contribution in [0.3, 0.4) is 0 Å². The van der Waals surface area contributed by atoms with E-state index < -0.39 is 0 Å². The Bertz CT molecular complexity index is 735. The number of likely N-dealkylation sites (tertiary alicyclic amines) is 1. The monoisotopic (exact) mass is 426 g/mol. The van der Waals surface area contributed by atoms with E-state index >= 15 is 0 Å². The predicted molar refractivity (Wildman–Crippen MR) is 125 cm³/mol. The Kier molecular flexibility index (Phi) is 7.65. The van der Waals surface area contributed by atoms with E-state index in [0.717, 1.165) is 62.8 Å². The molecule has 2 N–H and O–H groups in total. The number of pyridine rings is 1. The number of amides is 1. The molecule has 0 radical (unpaired) electrons. The Hall–Kier alpha value is -2.31. The molecule has 0 aromatic carbocycles. The summed E-state index contributed by atoms with van der Waals surface area (Å²) in [5.41, 5.74) is 1.14. The first kappa shape index (κ1) is 21.9. The molecular weight excluding hydrogens is 388 g/mol. The number of guanidine groups is 1. The number of carbonyl (C=O) groups excluding carboxylic acids is 1. The molecule has 1 aromatic heterocycles. The van der Waals surface area contributed by atoms with Crippen LogP contribution in [0.25, 0.3) is 0 Å². The van der Waals surface area contributed by atoms with Gasteiger partial charge in [0, 0.05) is 57.9 Å². The highest BCUT2D eigenvalue weighted by Gasteiger charge is 2.32. The highest BCUT2D eigenvalue weighted by Crippen LogP contribution is 2.27. The number of hydrogen-bond donors (Lipinski definition) is 2. The lowest BCUT2D eigenvalue weighted by Gasteiger charge is -2.22. The van der Waals surface area contributed by atoms with E-state index in [1.807, 2.05) is 11.1 Å². The molecule has 1 aliphatic carbocycles. The fourth-order valence-electron chi connectivity index (χ4n) is 5.09. The third kappa shape index (κ3) is 5.89. The van der Waals surface area contributed by atoms with E-state index in [1.165, 1.54) is 38.5 Å². The van der Waals surface area contributed by atoms with E-state index in [9.17, 15) is 4.79 Å². The average molecular weight is 427 g/mol. The number of nitrogens with one attached hydrogen (secondary N) is 2. The maximum absolute atomic E-state index is 12.7. The Balaban J connectivity index is 1.23. The molecule has 0 spiro atoms. The van der Waals surface area contributed by atoms with E-state index in [-0.39, 0.29) is 12.0 Å². The fourth-order valence-corrected chi connectivity index (χ4v) is 5.09. The number of aromatic nitrogens is 1. The summed E-state index contributed by atoms with van der Waals surface area (Å²) in [5.74, 6) is 2.50. The van der Waals surface area contributed by atoms with Crippen molar-refractivity contribution in [3.8, 4) is 0 Å². The van der Waals surface area contributed by atoms with Crippen molar-refractivity contribution in [2.24, 2.45) is 10.9 Å². The van der Waals surface area contributed by atoms with Crippen LogP contribution in [0, 0.1) is 5.92 Å². The van der Waals surface area contributed by atoms with Gasteiger partial charge in [-0.15, -0.1) is 0 Å². The fraction of sp³-hybridized carbons (Fsp3) is 0.708. The van der Waals surface area contributed by atoms with Gasteiger partial charge in [0.1, 0.15) is 5.82 Å². The van der Waals surface area contributed by atoms with Crippen molar-refractivity contribution in [3.05, 3.63) is 23.9 Å². The number of aliphatic imine (C=N–C) groups is 1. The molecule has 1 saturated carbocycles. The van der Waals surface area contributed by atoms with Crippen LogP contribution >= 0.6 is 0 Å². The molecule has 2 saturated heterocycles. The summed E-state index contributed by atoms with van der Waals surface area (Å²) in [6.45, 7) is 4.55. The molecule has 0 bridgehead atoms. The zero-order chi connectivity index (χ0) is 21.5. The normalized spacial score (nSPS) is 23.1. The van der Waals surface area contributed by atoms with Gasteiger partial charge >= 0.3 is 0 Å². The molecule has 2 aliphatic heterocycles. The predicted octanol–water partition coefficient (Wildman–Crippen LogP) is 2.92. The highest BCUT2D eigenvalue weighted by molar-refractivity contribution is 5.81. The van der Waals surface area contributed by atoms with Crippen LogP contribution in [0.4, 0.5) is 5.82 Å².